The van der Waals surface area contributed by atoms with Gasteiger partial charge in [0.25, 0.3) is 0 Å². The van der Waals surface area contributed by atoms with E-state index in [9.17, 15) is 0 Å². The van der Waals surface area contributed by atoms with Gasteiger partial charge in [-0.15, -0.1) is 0 Å². The molecule has 0 spiro atoms. The van der Waals surface area contributed by atoms with Crippen LogP contribution in [0.4, 0.5) is 0 Å². The van der Waals surface area contributed by atoms with Crippen molar-refractivity contribution in [3.05, 3.63) is 78.1 Å². The number of hydrogen-bond acceptors (Lipinski definition) is 2. The molecule has 0 aliphatic rings. The van der Waals surface area contributed by atoms with Gasteiger partial charge in [-0.05, 0) is 46.5 Å². The van der Waals surface area contributed by atoms with Crippen LogP contribution in [0.25, 0.3) is 10.8 Å². The molecule has 0 radical (unpaired) electrons. The fourth-order valence-corrected chi connectivity index (χ4v) is 2.33. The van der Waals surface area contributed by atoms with Crippen molar-refractivity contribution in [2.75, 3.05) is 0 Å². The summed E-state index contributed by atoms with van der Waals surface area (Å²) in [6.45, 7) is 0. The van der Waals surface area contributed by atoms with E-state index in [-0.39, 0.29) is 6.04 Å². The Morgan fingerprint density at radius 2 is 1.63 bits per heavy atom. The number of aromatic nitrogens is 1. The highest BCUT2D eigenvalue weighted by Crippen LogP contribution is 2.21. The predicted molar refractivity (Wildman–Crippen MR) is 78.8 cm³/mol. The first-order valence-electron chi connectivity index (χ1n) is 6.46. The monoisotopic (exact) mass is 248 g/mol. The van der Waals surface area contributed by atoms with E-state index in [0.29, 0.717) is 0 Å². The van der Waals surface area contributed by atoms with Crippen molar-refractivity contribution in [1.82, 2.24) is 4.98 Å². The third kappa shape index (κ3) is 2.64. The zero-order valence-corrected chi connectivity index (χ0v) is 10.7. The molecule has 0 aliphatic carbocycles. The summed E-state index contributed by atoms with van der Waals surface area (Å²) in [4.78, 5) is 4.03. The molecule has 2 aromatic carbocycles. The van der Waals surface area contributed by atoms with Gasteiger partial charge >= 0.3 is 0 Å². The van der Waals surface area contributed by atoms with Gasteiger partial charge < -0.3 is 5.73 Å². The van der Waals surface area contributed by atoms with Crippen LogP contribution in [-0.2, 0) is 6.42 Å². The number of nitrogens with two attached hydrogens (primary N) is 1. The Balaban J connectivity index is 1.87. The minimum Gasteiger partial charge on any atom is -0.324 e. The van der Waals surface area contributed by atoms with E-state index < -0.39 is 0 Å². The highest BCUT2D eigenvalue weighted by Gasteiger charge is 2.07. The lowest BCUT2D eigenvalue weighted by Crippen LogP contribution is -2.13. The molecule has 0 fully saturated rings. The Labute approximate surface area is 112 Å². The van der Waals surface area contributed by atoms with E-state index in [0.717, 1.165) is 6.42 Å². The number of nitrogens with zero attached hydrogens (tertiary/aromatic N) is 1. The van der Waals surface area contributed by atoms with E-state index >= 15 is 0 Å². The standard InChI is InChI=1S/C17H16N2/c18-17(11-13-7-9-19-10-8-13)16-6-5-14-3-1-2-4-15(14)12-16/h1-10,12,17H,11,18H2. The molecule has 2 heteroatoms. The fourth-order valence-electron chi connectivity index (χ4n) is 2.33. The average molecular weight is 248 g/mol. The first kappa shape index (κ1) is 11.9. The molecule has 1 aromatic heterocycles. The Morgan fingerprint density at radius 1 is 0.895 bits per heavy atom. The second-order valence-electron chi connectivity index (χ2n) is 4.77. The summed E-state index contributed by atoms with van der Waals surface area (Å²) in [5.74, 6) is 0. The molecular formula is C17H16N2. The van der Waals surface area contributed by atoms with Crippen LogP contribution in [0.1, 0.15) is 17.2 Å². The van der Waals surface area contributed by atoms with Gasteiger partial charge in [0, 0.05) is 18.4 Å². The molecule has 0 bridgehead atoms. The molecule has 94 valence electrons. The van der Waals surface area contributed by atoms with Gasteiger partial charge in [-0.1, -0.05) is 36.4 Å². The molecule has 2 nitrogen and oxygen atoms in total. The smallest absolute Gasteiger partial charge is 0.0335 e. The van der Waals surface area contributed by atoms with Gasteiger partial charge in [0.15, 0.2) is 0 Å². The Hall–Kier alpha value is -2.19. The largest absolute Gasteiger partial charge is 0.324 e. The Bertz CT molecular complexity index is 677. The van der Waals surface area contributed by atoms with Crippen LogP contribution >= 0.6 is 0 Å². The van der Waals surface area contributed by atoms with Crippen LogP contribution in [0, 0.1) is 0 Å². The Morgan fingerprint density at radius 3 is 2.42 bits per heavy atom. The summed E-state index contributed by atoms with van der Waals surface area (Å²) < 4.78 is 0. The van der Waals surface area contributed by atoms with Gasteiger partial charge in [0.1, 0.15) is 0 Å². The van der Waals surface area contributed by atoms with Crippen LogP contribution in [-0.4, -0.2) is 4.98 Å². The number of rotatable bonds is 3. The molecule has 1 unspecified atom stereocenters. The molecule has 3 rings (SSSR count). The number of hydrogen-bond donors (Lipinski definition) is 1. The molecule has 0 saturated heterocycles. The van der Waals surface area contributed by atoms with E-state index in [4.69, 9.17) is 5.73 Å². The van der Waals surface area contributed by atoms with E-state index in [1.165, 1.54) is 21.9 Å². The molecular weight excluding hydrogens is 232 g/mol. The third-order valence-electron chi connectivity index (χ3n) is 3.41. The van der Waals surface area contributed by atoms with Crippen LogP contribution in [0.2, 0.25) is 0 Å². The maximum absolute atomic E-state index is 6.30. The van der Waals surface area contributed by atoms with Gasteiger partial charge in [-0.2, -0.15) is 0 Å². The molecule has 1 heterocycles. The van der Waals surface area contributed by atoms with Gasteiger partial charge in [-0.25, -0.2) is 0 Å². The summed E-state index contributed by atoms with van der Waals surface area (Å²) in [5, 5.41) is 2.49. The van der Waals surface area contributed by atoms with E-state index in [1.807, 2.05) is 24.5 Å². The Kier molecular flexibility index (Phi) is 3.25. The predicted octanol–water partition coefficient (Wildman–Crippen LogP) is 3.48. The highest BCUT2D eigenvalue weighted by atomic mass is 14.6. The first-order chi connectivity index (χ1) is 9.33. The molecule has 2 N–H and O–H groups in total. The van der Waals surface area contributed by atoms with Gasteiger partial charge in [-0.3, -0.25) is 4.98 Å². The van der Waals surface area contributed by atoms with Gasteiger partial charge in [0.05, 0.1) is 0 Å². The molecule has 0 aliphatic heterocycles. The van der Waals surface area contributed by atoms with Crippen molar-refractivity contribution in [1.29, 1.82) is 0 Å². The lowest BCUT2D eigenvalue weighted by atomic mass is 9.98. The maximum Gasteiger partial charge on any atom is 0.0335 e. The van der Waals surface area contributed by atoms with Crippen molar-refractivity contribution < 1.29 is 0 Å². The van der Waals surface area contributed by atoms with Gasteiger partial charge in [0.2, 0.25) is 0 Å². The molecule has 1 atom stereocenters. The summed E-state index contributed by atoms with van der Waals surface area (Å²) in [6, 6.07) is 18.8. The highest BCUT2D eigenvalue weighted by molar-refractivity contribution is 5.83. The SMILES string of the molecule is NC(Cc1ccncc1)c1ccc2ccccc2c1. The zero-order chi connectivity index (χ0) is 13.1. The number of pyridine rings is 1. The first-order valence-corrected chi connectivity index (χ1v) is 6.46. The summed E-state index contributed by atoms with van der Waals surface area (Å²) >= 11 is 0. The normalized spacial score (nSPS) is 12.5. The molecule has 0 amide bonds. The van der Waals surface area contributed by atoms with Crippen molar-refractivity contribution in [3.8, 4) is 0 Å². The number of fused-ring (bicyclic) bond motifs is 1. The van der Waals surface area contributed by atoms with E-state index in [2.05, 4.69) is 47.4 Å². The van der Waals surface area contributed by atoms with Crippen LogP contribution < -0.4 is 5.73 Å². The van der Waals surface area contributed by atoms with Crippen LogP contribution in [0.3, 0.4) is 0 Å². The molecule has 0 saturated carbocycles. The molecule has 3 aromatic rings. The summed E-state index contributed by atoms with van der Waals surface area (Å²) in [6.07, 6.45) is 4.45. The second kappa shape index (κ2) is 5.21. The second-order valence-corrected chi connectivity index (χ2v) is 4.77. The van der Waals surface area contributed by atoms with Crippen LogP contribution in [0.15, 0.2) is 67.0 Å². The lowest BCUT2D eigenvalue weighted by Gasteiger charge is -2.13. The minimum absolute atomic E-state index is 0.0204. The maximum atomic E-state index is 6.30. The number of benzene rings is 2. The van der Waals surface area contributed by atoms with E-state index in [1.54, 1.807) is 0 Å². The fraction of sp³-hybridized carbons (Fsp3) is 0.118. The average Bonchev–Trinajstić information content (AvgIpc) is 2.48. The van der Waals surface area contributed by atoms with Crippen molar-refractivity contribution >= 4 is 10.8 Å². The zero-order valence-electron chi connectivity index (χ0n) is 10.7. The topological polar surface area (TPSA) is 38.9 Å². The van der Waals surface area contributed by atoms with Crippen molar-refractivity contribution in [2.24, 2.45) is 5.73 Å². The van der Waals surface area contributed by atoms with Crippen LogP contribution in [0.5, 0.6) is 0 Å². The van der Waals surface area contributed by atoms with Crippen molar-refractivity contribution in [2.45, 2.75) is 12.5 Å². The summed E-state index contributed by atoms with van der Waals surface area (Å²) in [7, 11) is 0. The summed E-state index contributed by atoms with van der Waals surface area (Å²) in [5.41, 5.74) is 8.69. The molecule has 19 heavy (non-hydrogen) atoms. The quantitative estimate of drug-likeness (QED) is 0.770. The third-order valence-corrected chi connectivity index (χ3v) is 3.41. The minimum atomic E-state index is 0.0204. The lowest BCUT2D eigenvalue weighted by molar-refractivity contribution is 0.722. The van der Waals surface area contributed by atoms with Crippen molar-refractivity contribution in [3.63, 3.8) is 0 Å².